The van der Waals surface area contributed by atoms with Crippen LogP contribution in [0.1, 0.15) is 44.3 Å². The summed E-state index contributed by atoms with van der Waals surface area (Å²) in [6.45, 7) is 4.57. The second-order valence-corrected chi connectivity index (χ2v) is 8.47. The molecule has 0 unspecified atom stereocenters. The molecule has 166 valence electrons. The van der Waals surface area contributed by atoms with E-state index in [9.17, 15) is 9.59 Å². The number of piperidine rings is 1. The maximum absolute atomic E-state index is 12.9. The Bertz CT molecular complexity index is 1310. The van der Waals surface area contributed by atoms with Crippen LogP contribution in [0.15, 0.2) is 53.5 Å². The highest BCUT2D eigenvalue weighted by Gasteiger charge is 2.27. The summed E-state index contributed by atoms with van der Waals surface area (Å²) in [6.07, 6.45) is 4.96. The van der Waals surface area contributed by atoms with Crippen LogP contribution in [0.2, 0.25) is 0 Å². The van der Waals surface area contributed by atoms with E-state index in [1.165, 1.54) is 0 Å². The Morgan fingerprint density at radius 2 is 1.66 bits per heavy atom. The van der Waals surface area contributed by atoms with Crippen LogP contribution in [-0.4, -0.2) is 47.6 Å². The van der Waals surface area contributed by atoms with Gasteiger partial charge in [-0.3, -0.25) is 18.3 Å². The van der Waals surface area contributed by atoms with Gasteiger partial charge in [-0.25, -0.2) is 4.79 Å². The first-order chi connectivity index (χ1) is 15.7. The molecule has 0 aliphatic carbocycles. The van der Waals surface area contributed by atoms with E-state index in [1.807, 2.05) is 62.5 Å². The first-order valence-corrected chi connectivity index (χ1v) is 11.4. The van der Waals surface area contributed by atoms with E-state index < -0.39 is 0 Å². The first kappa shape index (κ1) is 20.5. The topological polar surface area (TPSA) is 77.4 Å². The average Bonchev–Trinajstić information content (AvgIpc) is 3.37. The van der Waals surface area contributed by atoms with E-state index in [0.29, 0.717) is 38.5 Å². The largest absolute Gasteiger partial charge is 0.343 e. The number of hydrogen-bond acceptors (Lipinski definition) is 4. The van der Waals surface area contributed by atoms with E-state index in [0.717, 1.165) is 41.8 Å². The highest BCUT2D eigenvalue weighted by Crippen LogP contribution is 2.27. The molecule has 8 heteroatoms. The molecular formula is C24H28N6O2. The third-order valence-electron chi connectivity index (χ3n) is 6.47. The monoisotopic (exact) mass is 432 g/mol. The third kappa shape index (κ3) is 3.59. The van der Waals surface area contributed by atoms with Crippen molar-refractivity contribution in [3.05, 3.63) is 65.0 Å². The summed E-state index contributed by atoms with van der Waals surface area (Å²) >= 11 is 0. The Kier molecular flexibility index (Phi) is 5.51. The minimum absolute atomic E-state index is 0.0294. The van der Waals surface area contributed by atoms with E-state index in [4.69, 9.17) is 0 Å². The van der Waals surface area contributed by atoms with E-state index >= 15 is 0 Å². The number of nitrogens with zero attached hydrogens (tertiary/aromatic N) is 6. The smallest absolute Gasteiger partial charge is 0.329 e. The van der Waals surface area contributed by atoms with Gasteiger partial charge in [-0.2, -0.15) is 0 Å². The van der Waals surface area contributed by atoms with Crippen LogP contribution in [0.4, 0.5) is 0 Å². The number of aromatic nitrogens is 5. The predicted molar refractivity (Wildman–Crippen MR) is 123 cm³/mol. The number of likely N-dealkylation sites (tertiary alicyclic amines) is 1. The van der Waals surface area contributed by atoms with Gasteiger partial charge in [0.2, 0.25) is 5.91 Å². The molecule has 1 aromatic carbocycles. The van der Waals surface area contributed by atoms with Crippen LogP contribution in [0.3, 0.4) is 0 Å². The van der Waals surface area contributed by atoms with E-state index in [2.05, 4.69) is 17.1 Å². The lowest BCUT2D eigenvalue weighted by molar-refractivity contribution is -0.132. The minimum Gasteiger partial charge on any atom is -0.343 e. The van der Waals surface area contributed by atoms with Crippen LogP contribution in [0.25, 0.3) is 16.7 Å². The highest BCUT2D eigenvalue weighted by atomic mass is 16.2. The van der Waals surface area contributed by atoms with Crippen molar-refractivity contribution in [3.8, 4) is 0 Å². The van der Waals surface area contributed by atoms with Gasteiger partial charge in [0, 0.05) is 44.7 Å². The number of pyridine rings is 1. The van der Waals surface area contributed by atoms with Gasteiger partial charge >= 0.3 is 5.69 Å². The number of para-hydroxylation sites is 2. The standard InChI is InChI=1S/C24H28N6O2/c1-2-13-28-19-7-3-4-8-20(19)29(24(28)32)17-12-22(31)27-15-10-18(11-16-27)23-26-25-21-9-5-6-14-30(21)23/h3-9,14,18H,2,10-13,15-17H2,1H3. The van der Waals surface area contributed by atoms with Crippen LogP contribution < -0.4 is 5.69 Å². The lowest BCUT2D eigenvalue weighted by Crippen LogP contribution is -2.39. The fourth-order valence-electron chi connectivity index (χ4n) is 4.82. The number of imidazole rings is 1. The van der Waals surface area contributed by atoms with Crippen LogP contribution in [0, 0.1) is 0 Å². The number of amides is 1. The quantitative estimate of drug-likeness (QED) is 0.469. The van der Waals surface area contributed by atoms with Gasteiger partial charge < -0.3 is 4.90 Å². The molecule has 3 aromatic heterocycles. The molecule has 5 rings (SSSR count). The van der Waals surface area contributed by atoms with Crippen molar-refractivity contribution in [2.45, 2.75) is 51.6 Å². The van der Waals surface area contributed by atoms with Crippen LogP contribution in [-0.2, 0) is 17.9 Å². The molecule has 32 heavy (non-hydrogen) atoms. The average molecular weight is 433 g/mol. The van der Waals surface area contributed by atoms with E-state index in [-0.39, 0.29) is 11.6 Å². The molecule has 0 N–H and O–H groups in total. The van der Waals surface area contributed by atoms with Crippen molar-refractivity contribution in [2.75, 3.05) is 13.1 Å². The van der Waals surface area contributed by atoms with Crippen molar-refractivity contribution in [3.63, 3.8) is 0 Å². The third-order valence-corrected chi connectivity index (χ3v) is 6.47. The van der Waals surface area contributed by atoms with Gasteiger partial charge in [0.25, 0.3) is 0 Å². The molecular weight excluding hydrogens is 404 g/mol. The molecule has 1 saturated heterocycles. The van der Waals surface area contributed by atoms with Crippen LogP contribution >= 0.6 is 0 Å². The number of aryl methyl sites for hydroxylation is 2. The predicted octanol–water partition coefficient (Wildman–Crippen LogP) is 3.05. The molecule has 8 nitrogen and oxygen atoms in total. The molecule has 4 aromatic rings. The minimum atomic E-state index is -0.0294. The van der Waals surface area contributed by atoms with Gasteiger partial charge in [0.1, 0.15) is 5.82 Å². The zero-order valence-corrected chi connectivity index (χ0v) is 18.4. The fraction of sp³-hybridized carbons (Fsp3) is 0.417. The number of hydrogen-bond donors (Lipinski definition) is 0. The maximum Gasteiger partial charge on any atom is 0.329 e. The molecule has 0 atom stereocenters. The number of fused-ring (bicyclic) bond motifs is 2. The molecule has 4 heterocycles. The van der Waals surface area contributed by atoms with Crippen molar-refractivity contribution < 1.29 is 4.79 Å². The molecule has 0 spiro atoms. The number of benzene rings is 1. The number of carbonyl (C=O) groups is 1. The van der Waals surface area contributed by atoms with Crippen molar-refractivity contribution in [2.24, 2.45) is 0 Å². The zero-order valence-electron chi connectivity index (χ0n) is 18.4. The second-order valence-electron chi connectivity index (χ2n) is 8.47. The van der Waals surface area contributed by atoms with E-state index in [1.54, 1.807) is 4.57 Å². The number of rotatable bonds is 6. The fourth-order valence-corrected chi connectivity index (χ4v) is 4.82. The Morgan fingerprint density at radius 1 is 0.969 bits per heavy atom. The van der Waals surface area contributed by atoms with Gasteiger partial charge in [0.15, 0.2) is 5.65 Å². The van der Waals surface area contributed by atoms with Gasteiger partial charge in [-0.05, 0) is 43.5 Å². The molecule has 0 radical (unpaired) electrons. The Labute approximate surface area is 186 Å². The SMILES string of the molecule is CCCn1c(=O)n(CCC(=O)N2CCC(c3nnc4ccccn34)CC2)c2ccccc21. The Hall–Kier alpha value is -3.42. The van der Waals surface area contributed by atoms with Gasteiger partial charge in [0.05, 0.1) is 11.0 Å². The van der Waals surface area contributed by atoms with Gasteiger partial charge in [-0.15, -0.1) is 10.2 Å². The summed E-state index contributed by atoms with van der Waals surface area (Å²) in [5.41, 5.74) is 2.66. The lowest BCUT2D eigenvalue weighted by Gasteiger charge is -2.31. The number of carbonyl (C=O) groups excluding carboxylic acids is 1. The molecule has 0 saturated carbocycles. The Balaban J connectivity index is 1.24. The summed E-state index contributed by atoms with van der Waals surface area (Å²) in [4.78, 5) is 27.8. The summed E-state index contributed by atoms with van der Waals surface area (Å²) in [5.74, 6) is 1.38. The van der Waals surface area contributed by atoms with Crippen molar-refractivity contribution >= 4 is 22.6 Å². The summed E-state index contributed by atoms with van der Waals surface area (Å²) in [6, 6.07) is 13.7. The maximum atomic E-state index is 12.9. The van der Waals surface area contributed by atoms with Crippen molar-refractivity contribution in [1.82, 2.24) is 28.6 Å². The van der Waals surface area contributed by atoms with Crippen molar-refractivity contribution in [1.29, 1.82) is 0 Å². The molecule has 1 aliphatic rings. The normalized spacial score (nSPS) is 15.1. The summed E-state index contributed by atoms with van der Waals surface area (Å²) < 4.78 is 5.60. The first-order valence-electron chi connectivity index (χ1n) is 11.4. The van der Waals surface area contributed by atoms with Crippen LogP contribution in [0.5, 0.6) is 0 Å². The summed E-state index contributed by atoms with van der Waals surface area (Å²) in [7, 11) is 0. The Morgan fingerprint density at radius 3 is 2.38 bits per heavy atom. The zero-order chi connectivity index (χ0) is 22.1. The molecule has 1 aliphatic heterocycles. The lowest BCUT2D eigenvalue weighted by atomic mass is 9.95. The molecule has 0 bridgehead atoms. The second kappa shape index (κ2) is 8.61. The molecule has 1 fully saturated rings. The highest BCUT2D eigenvalue weighted by molar-refractivity contribution is 5.78. The molecule has 1 amide bonds. The summed E-state index contributed by atoms with van der Waals surface area (Å²) in [5, 5.41) is 8.65. The van der Waals surface area contributed by atoms with Gasteiger partial charge in [-0.1, -0.05) is 25.1 Å².